The second kappa shape index (κ2) is 9.34. The number of rotatable bonds is 10. The van der Waals surface area contributed by atoms with Gasteiger partial charge in [-0.3, -0.25) is 10.1 Å². The van der Waals surface area contributed by atoms with Crippen molar-refractivity contribution >= 4 is 11.4 Å². The fourth-order valence-corrected chi connectivity index (χ4v) is 2.35. The molecule has 1 N–H and O–H groups in total. The highest BCUT2D eigenvalue weighted by Gasteiger charge is 2.15. The normalized spacial score (nSPS) is 12.1. The highest BCUT2D eigenvalue weighted by Crippen LogP contribution is 2.25. The quantitative estimate of drug-likeness (QED) is 0.366. The van der Waals surface area contributed by atoms with Gasteiger partial charge in [0.2, 0.25) is 0 Å². The minimum atomic E-state index is -0.323. The van der Waals surface area contributed by atoms with Gasteiger partial charge in [-0.1, -0.05) is 58.1 Å². The van der Waals surface area contributed by atoms with E-state index in [0.29, 0.717) is 11.7 Å². The van der Waals surface area contributed by atoms with Crippen molar-refractivity contribution in [3.63, 3.8) is 0 Å². The van der Waals surface area contributed by atoms with E-state index in [2.05, 4.69) is 19.2 Å². The number of nitrogens with one attached hydrogen (secondary N) is 1. The maximum Gasteiger partial charge on any atom is 0.292 e. The molecule has 4 heteroatoms. The second-order valence-electron chi connectivity index (χ2n) is 5.23. The van der Waals surface area contributed by atoms with Crippen molar-refractivity contribution in [2.75, 3.05) is 5.32 Å². The molecule has 0 amide bonds. The molecule has 4 nitrogen and oxygen atoms in total. The third-order valence-electron chi connectivity index (χ3n) is 3.61. The van der Waals surface area contributed by atoms with Crippen molar-refractivity contribution in [2.45, 2.75) is 64.8 Å². The first-order chi connectivity index (χ1) is 9.69. The van der Waals surface area contributed by atoms with Gasteiger partial charge >= 0.3 is 0 Å². The monoisotopic (exact) mass is 278 g/mol. The van der Waals surface area contributed by atoms with Crippen LogP contribution in [0.15, 0.2) is 24.3 Å². The minimum absolute atomic E-state index is 0.164. The van der Waals surface area contributed by atoms with Crippen LogP contribution in [0.5, 0.6) is 0 Å². The summed E-state index contributed by atoms with van der Waals surface area (Å²) in [5.74, 6) is 0. The Kier molecular flexibility index (Phi) is 7.70. The molecule has 0 aliphatic carbocycles. The molecular formula is C16H26N2O2. The molecule has 1 atom stereocenters. The minimum Gasteiger partial charge on any atom is -0.377 e. The van der Waals surface area contributed by atoms with E-state index in [1.807, 2.05) is 6.07 Å². The Balaban J connectivity index is 2.49. The van der Waals surface area contributed by atoms with Crippen molar-refractivity contribution in [3.8, 4) is 0 Å². The average Bonchev–Trinajstić information content (AvgIpc) is 2.46. The molecule has 0 spiro atoms. The van der Waals surface area contributed by atoms with Gasteiger partial charge in [0.25, 0.3) is 5.69 Å². The summed E-state index contributed by atoms with van der Waals surface area (Å²) in [6.07, 6.45) is 8.35. The number of unbranched alkanes of at least 4 members (excludes halogenated alkanes) is 4. The predicted molar refractivity (Wildman–Crippen MR) is 84.2 cm³/mol. The van der Waals surface area contributed by atoms with Crippen molar-refractivity contribution in [3.05, 3.63) is 34.4 Å². The SMILES string of the molecule is CCCCCCCC(CC)Nc1ccccc1[N+](=O)[O-]. The first kappa shape index (κ1) is 16.5. The highest BCUT2D eigenvalue weighted by molar-refractivity contribution is 5.61. The van der Waals surface area contributed by atoms with E-state index >= 15 is 0 Å². The van der Waals surface area contributed by atoms with Crippen LogP contribution in [0, 0.1) is 10.1 Å². The highest BCUT2D eigenvalue weighted by atomic mass is 16.6. The molecule has 1 aromatic rings. The number of nitro groups is 1. The Morgan fingerprint density at radius 1 is 1.15 bits per heavy atom. The summed E-state index contributed by atoms with van der Waals surface area (Å²) < 4.78 is 0. The van der Waals surface area contributed by atoms with Crippen LogP contribution in [0.2, 0.25) is 0 Å². The number of benzene rings is 1. The van der Waals surface area contributed by atoms with Crippen molar-refractivity contribution < 1.29 is 4.92 Å². The zero-order valence-electron chi connectivity index (χ0n) is 12.6. The van der Waals surface area contributed by atoms with Gasteiger partial charge in [0.1, 0.15) is 5.69 Å². The van der Waals surface area contributed by atoms with Crippen LogP contribution >= 0.6 is 0 Å². The average molecular weight is 278 g/mol. The van der Waals surface area contributed by atoms with Gasteiger partial charge in [-0.25, -0.2) is 0 Å². The fraction of sp³-hybridized carbons (Fsp3) is 0.625. The largest absolute Gasteiger partial charge is 0.377 e. The molecule has 0 radical (unpaired) electrons. The van der Waals surface area contributed by atoms with E-state index in [1.54, 1.807) is 18.2 Å². The van der Waals surface area contributed by atoms with E-state index in [1.165, 1.54) is 32.1 Å². The molecule has 20 heavy (non-hydrogen) atoms. The van der Waals surface area contributed by atoms with E-state index in [9.17, 15) is 10.1 Å². The molecule has 112 valence electrons. The Hall–Kier alpha value is -1.58. The lowest BCUT2D eigenvalue weighted by Gasteiger charge is -2.18. The van der Waals surface area contributed by atoms with Crippen LogP contribution in [-0.2, 0) is 0 Å². The van der Waals surface area contributed by atoms with Crippen molar-refractivity contribution in [1.29, 1.82) is 0 Å². The Labute approximate surface area is 121 Å². The van der Waals surface area contributed by atoms with E-state index < -0.39 is 0 Å². The van der Waals surface area contributed by atoms with Gasteiger partial charge < -0.3 is 5.32 Å². The Bertz CT molecular complexity index is 407. The molecule has 0 saturated carbocycles. The summed E-state index contributed by atoms with van der Waals surface area (Å²) in [5, 5.41) is 14.3. The zero-order valence-corrected chi connectivity index (χ0v) is 12.6. The zero-order chi connectivity index (χ0) is 14.8. The molecule has 0 saturated heterocycles. The van der Waals surface area contributed by atoms with Gasteiger partial charge in [-0.15, -0.1) is 0 Å². The summed E-state index contributed by atoms with van der Waals surface area (Å²) in [7, 11) is 0. The van der Waals surface area contributed by atoms with Crippen LogP contribution in [0.1, 0.15) is 58.8 Å². The molecule has 0 aromatic heterocycles. The topological polar surface area (TPSA) is 55.2 Å². The standard InChI is InChI=1S/C16H26N2O2/c1-3-5-6-7-8-11-14(4-2)17-15-12-9-10-13-16(15)18(19)20/h9-10,12-14,17H,3-8,11H2,1-2H3. The molecular weight excluding hydrogens is 252 g/mol. The third kappa shape index (κ3) is 5.59. The van der Waals surface area contributed by atoms with E-state index in [4.69, 9.17) is 0 Å². The number of hydrogen-bond donors (Lipinski definition) is 1. The van der Waals surface area contributed by atoms with Crippen LogP contribution in [-0.4, -0.2) is 11.0 Å². The van der Waals surface area contributed by atoms with Crippen LogP contribution in [0.25, 0.3) is 0 Å². The lowest BCUT2D eigenvalue weighted by Crippen LogP contribution is -2.19. The predicted octanol–water partition coefficient (Wildman–Crippen LogP) is 5.15. The van der Waals surface area contributed by atoms with Crippen LogP contribution < -0.4 is 5.32 Å². The van der Waals surface area contributed by atoms with E-state index in [0.717, 1.165) is 12.8 Å². The Morgan fingerprint density at radius 3 is 2.50 bits per heavy atom. The molecule has 0 fully saturated rings. The first-order valence-electron chi connectivity index (χ1n) is 7.69. The molecule has 1 rings (SSSR count). The maximum atomic E-state index is 11.0. The van der Waals surface area contributed by atoms with Crippen LogP contribution in [0.3, 0.4) is 0 Å². The van der Waals surface area contributed by atoms with Crippen molar-refractivity contribution in [2.24, 2.45) is 0 Å². The van der Waals surface area contributed by atoms with E-state index in [-0.39, 0.29) is 10.6 Å². The fourth-order valence-electron chi connectivity index (χ4n) is 2.35. The van der Waals surface area contributed by atoms with Gasteiger partial charge in [0, 0.05) is 12.1 Å². The molecule has 0 aliphatic rings. The summed E-state index contributed by atoms with van der Waals surface area (Å²) >= 11 is 0. The summed E-state index contributed by atoms with van der Waals surface area (Å²) in [5.41, 5.74) is 0.801. The molecule has 0 heterocycles. The summed E-state index contributed by atoms with van der Waals surface area (Å²) in [6.45, 7) is 4.34. The number of anilines is 1. The van der Waals surface area contributed by atoms with Crippen LogP contribution in [0.4, 0.5) is 11.4 Å². The lowest BCUT2D eigenvalue weighted by atomic mass is 10.0. The second-order valence-corrected chi connectivity index (χ2v) is 5.23. The first-order valence-corrected chi connectivity index (χ1v) is 7.69. The number of nitrogens with zero attached hydrogens (tertiary/aromatic N) is 1. The van der Waals surface area contributed by atoms with Gasteiger partial charge in [0.05, 0.1) is 4.92 Å². The number of para-hydroxylation sites is 2. The molecule has 1 unspecified atom stereocenters. The lowest BCUT2D eigenvalue weighted by molar-refractivity contribution is -0.384. The third-order valence-corrected chi connectivity index (χ3v) is 3.61. The van der Waals surface area contributed by atoms with Gasteiger partial charge in [0.15, 0.2) is 0 Å². The molecule has 0 aliphatic heterocycles. The Morgan fingerprint density at radius 2 is 1.85 bits per heavy atom. The molecule has 1 aromatic carbocycles. The van der Waals surface area contributed by atoms with Gasteiger partial charge in [-0.05, 0) is 18.9 Å². The number of hydrogen-bond acceptors (Lipinski definition) is 3. The molecule has 0 bridgehead atoms. The van der Waals surface area contributed by atoms with Gasteiger partial charge in [-0.2, -0.15) is 0 Å². The van der Waals surface area contributed by atoms with Crippen molar-refractivity contribution in [1.82, 2.24) is 0 Å². The maximum absolute atomic E-state index is 11.0. The summed E-state index contributed by atoms with van der Waals surface area (Å²) in [4.78, 5) is 10.7. The smallest absolute Gasteiger partial charge is 0.292 e. The number of nitro benzene ring substituents is 1. The summed E-state index contributed by atoms with van der Waals surface area (Å²) in [6, 6.07) is 7.20.